The SMILES string of the molecule is CCOc1ccc(C(=O)Nc2nnc(-c3ccc(Cl)cc3)s2)cc1Cl. The zero-order valence-corrected chi connectivity index (χ0v) is 15.5. The van der Waals surface area contributed by atoms with E-state index in [1.165, 1.54) is 11.3 Å². The van der Waals surface area contributed by atoms with Gasteiger partial charge in [0.05, 0.1) is 11.6 Å². The van der Waals surface area contributed by atoms with Crippen molar-refractivity contribution in [2.45, 2.75) is 6.92 Å². The van der Waals surface area contributed by atoms with Gasteiger partial charge in [0.2, 0.25) is 5.13 Å². The molecule has 1 amide bonds. The van der Waals surface area contributed by atoms with Crippen molar-refractivity contribution in [2.24, 2.45) is 0 Å². The lowest BCUT2D eigenvalue weighted by Gasteiger charge is -2.07. The third-order valence-electron chi connectivity index (χ3n) is 3.23. The lowest BCUT2D eigenvalue weighted by atomic mass is 10.2. The van der Waals surface area contributed by atoms with E-state index >= 15 is 0 Å². The van der Waals surface area contributed by atoms with Gasteiger partial charge < -0.3 is 4.74 Å². The van der Waals surface area contributed by atoms with Crippen molar-refractivity contribution in [3.8, 4) is 16.3 Å². The van der Waals surface area contributed by atoms with Crippen LogP contribution >= 0.6 is 34.5 Å². The fourth-order valence-electron chi connectivity index (χ4n) is 2.07. The number of benzene rings is 2. The van der Waals surface area contributed by atoms with Crippen molar-refractivity contribution in [2.75, 3.05) is 11.9 Å². The second-order valence-electron chi connectivity index (χ2n) is 4.95. The van der Waals surface area contributed by atoms with Crippen LogP contribution in [0.25, 0.3) is 10.6 Å². The van der Waals surface area contributed by atoms with Gasteiger partial charge in [-0.2, -0.15) is 0 Å². The average Bonchev–Trinajstić information content (AvgIpc) is 3.06. The van der Waals surface area contributed by atoms with E-state index in [0.717, 1.165) is 5.56 Å². The highest BCUT2D eigenvalue weighted by atomic mass is 35.5. The average molecular weight is 394 g/mol. The summed E-state index contributed by atoms with van der Waals surface area (Å²) in [6.45, 7) is 2.37. The number of ether oxygens (including phenoxy) is 1. The molecule has 8 heteroatoms. The molecule has 0 bridgehead atoms. The highest BCUT2D eigenvalue weighted by molar-refractivity contribution is 7.18. The Bertz CT molecular complexity index is 897. The van der Waals surface area contributed by atoms with E-state index in [4.69, 9.17) is 27.9 Å². The number of amides is 1. The van der Waals surface area contributed by atoms with Crippen molar-refractivity contribution in [3.05, 3.63) is 58.1 Å². The van der Waals surface area contributed by atoms with Crippen molar-refractivity contribution in [3.63, 3.8) is 0 Å². The first-order chi connectivity index (χ1) is 12.1. The Hall–Kier alpha value is -2.15. The van der Waals surface area contributed by atoms with Crippen molar-refractivity contribution in [1.82, 2.24) is 10.2 Å². The lowest BCUT2D eigenvalue weighted by Crippen LogP contribution is -2.11. The smallest absolute Gasteiger partial charge is 0.257 e. The van der Waals surface area contributed by atoms with Gasteiger partial charge in [0.25, 0.3) is 5.91 Å². The van der Waals surface area contributed by atoms with Crippen LogP contribution in [0.5, 0.6) is 5.75 Å². The molecule has 1 N–H and O–H groups in total. The van der Waals surface area contributed by atoms with Crippen LogP contribution in [0.1, 0.15) is 17.3 Å². The molecule has 1 aromatic heterocycles. The largest absolute Gasteiger partial charge is 0.492 e. The number of hydrogen-bond donors (Lipinski definition) is 1. The van der Waals surface area contributed by atoms with E-state index in [2.05, 4.69) is 15.5 Å². The van der Waals surface area contributed by atoms with E-state index in [1.807, 2.05) is 19.1 Å². The zero-order chi connectivity index (χ0) is 17.8. The van der Waals surface area contributed by atoms with Gasteiger partial charge in [0.1, 0.15) is 10.8 Å². The minimum Gasteiger partial charge on any atom is -0.492 e. The van der Waals surface area contributed by atoms with Gasteiger partial charge in [-0.25, -0.2) is 0 Å². The predicted octanol–water partition coefficient (Wildman–Crippen LogP) is 5.16. The predicted molar refractivity (Wildman–Crippen MR) is 101 cm³/mol. The molecule has 0 aliphatic carbocycles. The molecule has 1 heterocycles. The molecule has 25 heavy (non-hydrogen) atoms. The topological polar surface area (TPSA) is 64.1 Å². The van der Waals surface area contributed by atoms with Crippen LogP contribution in [-0.2, 0) is 0 Å². The summed E-state index contributed by atoms with van der Waals surface area (Å²) in [6.07, 6.45) is 0. The third-order valence-corrected chi connectivity index (χ3v) is 4.67. The summed E-state index contributed by atoms with van der Waals surface area (Å²) in [5, 5.41) is 12.9. The molecule has 2 aromatic carbocycles. The molecule has 0 saturated heterocycles. The summed E-state index contributed by atoms with van der Waals surface area (Å²) in [6, 6.07) is 12.1. The molecule has 0 aliphatic rings. The first kappa shape index (κ1) is 17.7. The zero-order valence-electron chi connectivity index (χ0n) is 13.1. The van der Waals surface area contributed by atoms with E-state index in [9.17, 15) is 4.79 Å². The Kier molecular flexibility index (Phi) is 5.53. The maximum absolute atomic E-state index is 12.3. The van der Waals surface area contributed by atoms with Crippen LogP contribution in [-0.4, -0.2) is 22.7 Å². The number of halogens is 2. The Morgan fingerprint density at radius 1 is 1.16 bits per heavy atom. The van der Waals surface area contributed by atoms with E-state index in [0.29, 0.717) is 38.1 Å². The maximum atomic E-state index is 12.3. The first-order valence-electron chi connectivity index (χ1n) is 7.40. The molecule has 128 valence electrons. The van der Waals surface area contributed by atoms with Crippen LogP contribution in [0, 0.1) is 0 Å². The number of nitrogens with one attached hydrogen (secondary N) is 1. The number of rotatable bonds is 5. The molecule has 0 unspecified atom stereocenters. The van der Waals surface area contributed by atoms with Gasteiger partial charge in [-0.1, -0.05) is 46.7 Å². The summed E-state index contributed by atoms with van der Waals surface area (Å²) in [5.41, 5.74) is 1.29. The van der Waals surface area contributed by atoms with Crippen molar-refractivity contribution >= 4 is 45.6 Å². The summed E-state index contributed by atoms with van der Waals surface area (Å²) < 4.78 is 5.36. The standard InChI is InChI=1S/C17H13Cl2N3O2S/c1-2-24-14-8-5-11(9-13(14)19)15(23)20-17-22-21-16(25-17)10-3-6-12(18)7-4-10/h3-9H,2H2,1H3,(H,20,22,23). The molecule has 0 aliphatic heterocycles. The van der Waals surface area contributed by atoms with Gasteiger partial charge in [-0.3, -0.25) is 10.1 Å². The van der Waals surface area contributed by atoms with Gasteiger partial charge in [-0.15, -0.1) is 10.2 Å². The number of carbonyl (C=O) groups is 1. The van der Waals surface area contributed by atoms with Crippen molar-refractivity contribution in [1.29, 1.82) is 0 Å². The molecule has 0 spiro atoms. The molecule has 3 rings (SSSR count). The molecule has 0 saturated carbocycles. The first-order valence-corrected chi connectivity index (χ1v) is 8.97. The highest BCUT2D eigenvalue weighted by Crippen LogP contribution is 2.29. The second-order valence-corrected chi connectivity index (χ2v) is 6.77. The minimum atomic E-state index is -0.316. The number of aromatic nitrogens is 2. The lowest BCUT2D eigenvalue weighted by molar-refractivity contribution is 0.102. The van der Waals surface area contributed by atoms with Gasteiger partial charge in [-0.05, 0) is 37.3 Å². The second kappa shape index (κ2) is 7.82. The van der Waals surface area contributed by atoms with Gasteiger partial charge >= 0.3 is 0 Å². The van der Waals surface area contributed by atoms with Gasteiger partial charge in [0, 0.05) is 16.1 Å². The Balaban J connectivity index is 1.73. The fourth-order valence-corrected chi connectivity index (χ4v) is 3.17. The normalized spacial score (nSPS) is 10.5. The minimum absolute atomic E-state index is 0.316. The summed E-state index contributed by atoms with van der Waals surface area (Å²) in [4.78, 5) is 12.3. The van der Waals surface area contributed by atoms with Crippen molar-refractivity contribution < 1.29 is 9.53 Å². The molecule has 0 atom stereocenters. The molecular formula is C17H13Cl2N3O2S. The number of hydrogen-bond acceptors (Lipinski definition) is 5. The van der Waals surface area contributed by atoms with Crippen LogP contribution in [0.15, 0.2) is 42.5 Å². The van der Waals surface area contributed by atoms with E-state index in [1.54, 1.807) is 30.3 Å². The molecule has 5 nitrogen and oxygen atoms in total. The monoisotopic (exact) mass is 393 g/mol. The highest BCUT2D eigenvalue weighted by Gasteiger charge is 2.13. The van der Waals surface area contributed by atoms with Crippen LogP contribution in [0.3, 0.4) is 0 Å². The summed E-state index contributed by atoms with van der Waals surface area (Å²) in [7, 11) is 0. The number of anilines is 1. The quantitative estimate of drug-likeness (QED) is 0.649. The molecule has 0 fully saturated rings. The summed E-state index contributed by atoms with van der Waals surface area (Å²) in [5.74, 6) is 0.227. The fraction of sp³-hybridized carbons (Fsp3) is 0.118. The third kappa shape index (κ3) is 4.28. The number of carbonyl (C=O) groups excluding carboxylic acids is 1. The van der Waals surface area contributed by atoms with Crippen LogP contribution in [0.2, 0.25) is 10.0 Å². The van der Waals surface area contributed by atoms with Gasteiger partial charge in [0.15, 0.2) is 0 Å². The van der Waals surface area contributed by atoms with E-state index < -0.39 is 0 Å². The molecule has 3 aromatic rings. The Morgan fingerprint density at radius 3 is 2.60 bits per heavy atom. The maximum Gasteiger partial charge on any atom is 0.257 e. The Labute approximate surface area is 158 Å². The number of nitrogens with zero attached hydrogens (tertiary/aromatic N) is 2. The molecular weight excluding hydrogens is 381 g/mol. The van der Waals surface area contributed by atoms with Crippen LogP contribution < -0.4 is 10.1 Å². The Morgan fingerprint density at radius 2 is 1.92 bits per heavy atom. The van der Waals surface area contributed by atoms with E-state index in [-0.39, 0.29) is 5.91 Å². The van der Waals surface area contributed by atoms with Crippen LogP contribution in [0.4, 0.5) is 5.13 Å². The summed E-state index contributed by atoms with van der Waals surface area (Å²) >= 11 is 13.3. The molecule has 0 radical (unpaired) electrons.